The third-order valence-corrected chi connectivity index (χ3v) is 7.82. The maximum absolute atomic E-state index is 12.9. The van der Waals surface area contributed by atoms with Gasteiger partial charge in [-0.15, -0.1) is 0 Å². The normalized spacial score (nSPS) is 18.8. The molecule has 164 valence electrons. The molecule has 1 N–H and O–H groups in total. The molecule has 4 rings (SSSR count). The highest BCUT2D eigenvalue weighted by Crippen LogP contribution is 2.35. The molecule has 2 aliphatic rings. The van der Waals surface area contributed by atoms with Gasteiger partial charge in [-0.1, -0.05) is 29.8 Å². The molecular formula is C23H27N3O4S. The van der Waals surface area contributed by atoms with Gasteiger partial charge in [-0.3, -0.25) is 14.5 Å². The molecule has 2 aromatic rings. The van der Waals surface area contributed by atoms with Crippen LogP contribution in [-0.2, 0) is 32.6 Å². The average molecular weight is 442 g/mol. The van der Waals surface area contributed by atoms with Crippen LogP contribution in [0.25, 0.3) is 0 Å². The largest absolute Gasteiger partial charge is 0.350 e. The van der Waals surface area contributed by atoms with Crippen LogP contribution in [0.2, 0.25) is 0 Å². The summed E-state index contributed by atoms with van der Waals surface area (Å²) >= 11 is 0. The Morgan fingerprint density at radius 1 is 1.10 bits per heavy atom. The summed E-state index contributed by atoms with van der Waals surface area (Å²) in [6.45, 7) is 4.84. The zero-order valence-electron chi connectivity index (χ0n) is 17.8. The number of nitrogens with zero attached hydrogens (tertiary/aromatic N) is 2. The molecule has 2 amide bonds. The van der Waals surface area contributed by atoms with Crippen LogP contribution in [-0.4, -0.2) is 43.7 Å². The van der Waals surface area contributed by atoms with Crippen LogP contribution in [0.3, 0.4) is 0 Å². The fraction of sp³-hybridized carbons (Fsp3) is 0.391. The first-order valence-electron chi connectivity index (χ1n) is 10.5. The van der Waals surface area contributed by atoms with Crippen molar-refractivity contribution < 1.29 is 18.0 Å². The second kappa shape index (κ2) is 8.43. The number of carbonyl (C=O) groups is 2. The molecule has 0 aromatic heterocycles. The van der Waals surface area contributed by atoms with Gasteiger partial charge in [0.2, 0.25) is 21.8 Å². The van der Waals surface area contributed by atoms with E-state index in [1.165, 1.54) is 22.2 Å². The van der Waals surface area contributed by atoms with E-state index in [1.807, 2.05) is 31.2 Å². The molecule has 0 unspecified atom stereocenters. The predicted octanol–water partition coefficient (Wildman–Crippen LogP) is 2.37. The molecule has 1 atom stereocenters. The Kier molecular flexibility index (Phi) is 5.85. The zero-order chi connectivity index (χ0) is 22.2. The molecule has 0 radical (unpaired) electrons. The first-order chi connectivity index (χ1) is 14.8. The highest BCUT2D eigenvalue weighted by atomic mass is 32.2. The number of anilines is 1. The number of benzene rings is 2. The highest BCUT2D eigenvalue weighted by Gasteiger charge is 2.38. The van der Waals surface area contributed by atoms with E-state index >= 15 is 0 Å². The summed E-state index contributed by atoms with van der Waals surface area (Å²) in [5.74, 6) is -0.499. The Morgan fingerprint density at radius 3 is 2.52 bits per heavy atom. The van der Waals surface area contributed by atoms with Crippen molar-refractivity contribution in [2.45, 2.75) is 50.6 Å². The Morgan fingerprint density at radius 2 is 1.84 bits per heavy atom. The predicted molar refractivity (Wildman–Crippen MR) is 118 cm³/mol. The SMILES string of the molecule is CC(=O)N1c2ccc(S(=O)(=O)N3CCCC3)cc2C[C@H]1C(=O)NCc1cccc(C)c1. The minimum absolute atomic E-state index is 0.220. The van der Waals surface area contributed by atoms with Gasteiger partial charge in [0.15, 0.2) is 0 Å². The van der Waals surface area contributed by atoms with Crippen molar-refractivity contribution in [2.75, 3.05) is 18.0 Å². The average Bonchev–Trinajstić information content (AvgIpc) is 3.40. The van der Waals surface area contributed by atoms with E-state index in [0.717, 1.165) is 24.0 Å². The van der Waals surface area contributed by atoms with E-state index in [1.54, 1.807) is 12.1 Å². The van der Waals surface area contributed by atoms with Gasteiger partial charge in [0.05, 0.1) is 4.90 Å². The monoisotopic (exact) mass is 441 g/mol. The summed E-state index contributed by atoms with van der Waals surface area (Å²) in [6, 6.07) is 12.0. The van der Waals surface area contributed by atoms with Crippen molar-refractivity contribution in [3.63, 3.8) is 0 Å². The van der Waals surface area contributed by atoms with Gasteiger partial charge in [-0.2, -0.15) is 4.31 Å². The van der Waals surface area contributed by atoms with Gasteiger partial charge in [0.25, 0.3) is 0 Å². The van der Waals surface area contributed by atoms with E-state index in [0.29, 0.717) is 30.9 Å². The minimum Gasteiger partial charge on any atom is -0.350 e. The molecule has 31 heavy (non-hydrogen) atoms. The second-order valence-electron chi connectivity index (χ2n) is 8.22. The molecule has 7 nitrogen and oxygen atoms in total. The van der Waals surface area contributed by atoms with Gasteiger partial charge in [-0.05, 0) is 49.1 Å². The summed E-state index contributed by atoms with van der Waals surface area (Å²) < 4.78 is 27.3. The Hall–Kier alpha value is -2.71. The lowest BCUT2D eigenvalue weighted by Crippen LogP contribution is -2.47. The van der Waals surface area contributed by atoms with Gasteiger partial charge < -0.3 is 5.32 Å². The van der Waals surface area contributed by atoms with Crippen LogP contribution >= 0.6 is 0 Å². The highest BCUT2D eigenvalue weighted by molar-refractivity contribution is 7.89. The summed E-state index contributed by atoms with van der Waals surface area (Å²) in [5, 5.41) is 2.92. The van der Waals surface area contributed by atoms with Crippen molar-refractivity contribution in [2.24, 2.45) is 0 Å². The molecule has 8 heteroatoms. The number of aryl methyl sites for hydroxylation is 1. The molecule has 0 saturated carbocycles. The standard InChI is InChI=1S/C23H27N3O4S/c1-16-6-5-7-18(12-16)15-24-23(28)22-14-19-13-20(8-9-21(19)26(22)17(2)27)31(29,30)25-10-3-4-11-25/h5-9,12-13,22H,3-4,10-11,14-15H2,1-2H3,(H,24,28)/t22-/m0/s1. The molecular weight excluding hydrogens is 414 g/mol. The van der Waals surface area contributed by atoms with Gasteiger partial charge >= 0.3 is 0 Å². The number of rotatable bonds is 5. The maximum Gasteiger partial charge on any atom is 0.243 e. The number of fused-ring (bicyclic) bond motifs is 1. The van der Waals surface area contributed by atoms with E-state index in [2.05, 4.69) is 5.32 Å². The first-order valence-corrected chi connectivity index (χ1v) is 12.0. The van der Waals surface area contributed by atoms with Crippen LogP contribution in [0.15, 0.2) is 47.4 Å². The Bertz CT molecular complexity index is 1120. The second-order valence-corrected chi connectivity index (χ2v) is 10.2. The topological polar surface area (TPSA) is 86.8 Å². The van der Waals surface area contributed by atoms with Gasteiger partial charge in [0.1, 0.15) is 6.04 Å². The number of hydrogen-bond donors (Lipinski definition) is 1. The number of carbonyl (C=O) groups excluding carboxylic acids is 2. The molecule has 2 heterocycles. The fourth-order valence-corrected chi connectivity index (χ4v) is 5.96. The van der Waals surface area contributed by atoms with Crippen LogP contribution in [0.4, 0.5) is 5.69 Å². The Labute approximate surface area is 183 Å². The van der Waals surface area contributed by atoms with E-state index < -0.39 is 16.1 Å². The van der Waals surface area contributed by atoms with E-state index in [9.17, 15) is 18.0 Å². The molecule has 0 spiro atoms. The smallest absolute Gasteiger partial charge is 0.243 e. The number of nitrogens with one attached hydrogen (secondary N) is 1. The van der Waals surface area contributed by atoms with Crippen molar-refractivity contribution in [1.82, 2.24) is 9.62 Å². The molecule has 1 fully saturated rings. The van der Waals surface area contributed by atoms with Crippen molar-refractivity contribution in [1.29, 1.82) is 0 Å². The van der Waals surface area contributed by atoms with E-state index in [4.69, 9.17) is 0 Å². The number of sulfonamides is 1. The van der Waals surface area contributed by atoms with E-state index in [-0.39, 0.29) is 23.1 Å². The van der Waals surface area contributed by atoms with Crippen LogP contribution < -0.4 is 10.2 Å². The number of amides is 2. The van der Waals surface area contributed by atoms with Crippen LogP contribution in [0.5, 0.6) is 0 Å². The lowest BCUT2D eigenvalue weighted by atomic mass is 10.1. The number of hydrogen-bond acceptors (Lipinski definition) is 4. The lowest BCUT2D eigenvalue weighted by molar-refractivity contribution is -0.125. The molecule has 2 aliphatic heterocycles. The van der Waals surface area contributed by atoms with Crippen LogP contribution in [0.1, 0.15) is 36.5 Å². The van der Waals surface area contributed by atoms with Crippen molar-refractivity contribution in [3.05, 3.63) is 59.2 Å². The summed E-state index contributed by atoms with van der Waals surface area (Å²) in [7, 11) is -3.56. The zero-order valence-corrected chi connectivity index (χ0v) is 18.6. The lowest BCUT2D eigenvalue weighted by Gasteiger charge is -2.23. The summed E-state index contributed by atoms with van der Waals surface area (Å²) in [4.78, 5) is 27.0. The fourth-order valence-electron chi connectivity index (χ4n) is 4.39. The summed E-state index contributed by atoms with van der Waals surface area (Å²) in [5.41, 5.74) is 3.39. The maximum atomic E-state index is 12.9. The summed E-state index contributed by atoms with van der Waals surface area (Å²) in [6.07, 6.45) is 2.02. The van der Waals surface area contributed by atoms with Crippen LogP contribution in [0, 0.1) is 6.92 Å². The minimum atomic E-state index is -3.56. The molecule has 2 aromatic carbocycles. The Balaban J connectivity index is 1.55. The van der Waals surface area contributed by atoms with Gasteiger partial charge in [-0.25, -0.2) is 8.42 Å². The van der Waals surface area contributed by atoms with Gasteiger partial charge in [0, 0.05) is 38.7 Å². The third kappa shape index (κ3) is 4.22. The molecule has 0 aliphatic carbocycles. The van der Waals surface area contributed by atoms with Crippen molar-refractivity contribution >= 4 is 27.5 Å². The van der Waals surface area contributed by atoms with Crippen molar-refractivity contribution in [3.8, 4) is 0 Å². The molecule has 0 bridgehead atoms. The first kappa shape index (κ1) is 21.5. The quantitative estimate of drug-likeness (QED) is 0.772. The molecule has 1 saturated heterocycles. The third-order valence-electron chi connectivity index (χ3n) is 5.93.